The smallest absolute Gasteiger partial charge is 0.262 e. The van der Waals surface area contributed by atoms with E-state index in [1.165, 1.54) is 16.2 Å². The molecule has 3 aromatic rings. The topological polar surface area (TPSA) is 67.4 Å². The fraction of sp³-hybridized carbons (Fsp3) is 0.379. The number of hydrogen-bond donors (Lipinski definition) is 2. The number of rotatable bonds is 6. The Morgan fingerprint density at radius 3 is 2.56 bits per heavy atom. The van der Waals surface area contributed by atoms with Crippen LogP contribution in [0.15, 0.2) is 42.5 Å². The van der Waals surface area contributed by atoms with Gasteiger partial charge >= 0.3 is 0 Å². The van der Waals surface area contributed by atoms with Crippen LogP contribution >= 0.6 is 22.9 Å². The highest BCUT2D eigenvalue weighted by atomic mass is 35.5. The standard InChI is InChI=1S/C29H33ClN2O3S/c1-17-7-6-8-20(13-17)31-27(34)26-21-11-10-19(29(3,4)5)15-24(21)36-28(26)32-25(33)16-35-23-14-18(2)9-12-22(23)30/h6-9,12-14,19H,10-11,15-16H2,1-5H3,(H,31,34)(H,32,33)/t19-/m0/s1. The maximum atomic E-state index is 13.5. The predicted octanol–water partition coefficient (Wildman–Crippen LogP) is 7.44. The van der Waals surface area contributed by atoms with Gasteiger partial charge in [-0.2, -0.15) is 0 Å². The minimum atomic E-state index is -0.330. The molecule has 36 heavy (non-hydrogen) atoms. The summed E-state index contributed by atoms with van der Waals surface area (Å²) in [6.07, 6.45) is 2.73. The van der Waals surface area contributed by atoms with E-state index in [1.807, 2.05) is 44.2 Å². The molecule has 2 N–H and O–H groups in total. The summed E-state index contributed by atoms with van der Waals surface area (Å²) in [6.45, 7) is 10.5. The summed E-state index contributed by atoms with van der Waals surface area (Å²) in [6, 6.07) is 13.1. The third-order valence-corrected chi connectivity index (χ3v) is 8.17. The first-order valence-electron chi connectivity index (χ1n) is 12.2. The maximum absolute atomic E-state index is 13.5. The Balaban J connectivity index is 1.58. The van der Waals surface area contributed by atoms with Gasteiger partial charge in [0.05, 0.1) is 10.6 Å². The molecule has 0 bridgehead atoms. The summed E-state index contributed by atoms with van der Waals surface area (Å²) >= 11 is 7.71. The van der Waals surface area contributed by atoms with E-state index in [0.717, 1.165) is 41.6 Å². The summed E-state index contributed by atoms with van der Waals surface area (Å²) in [5.41, 5.74) is 4.57. The van der Waals surface area contributed by atoms with Crippen molar-refractivity contribution < 1.29 is 14.3 Å². The van der Waals surface area contributed by atoms with Gasteiger partial charge in [-0.3, -0.25) is 9.59 Å². The van der Waals surface area contributed by atoms with Gasteiger partial charge in [0.2, 0.25) is 0 Å². The van der Waals surface area contributed by atoms with E-state index in [0.29, 0.717) is 27.3 Å². The number of ether oxygens (including phenoxy) is 1. The largest absolute Gasteiger partial charge is 0.482 e. The van der Waals surface area contributed by atoms with Crippen LogP contribution in [0.25, 0.3) is 0 Å². The van der Waals surface area contributed by atoms with Gasteiger partial charge in [-0.1, -0.05) is 50.6 Å². The quantitative estimate of drug-likeness (QED) is 0.352. The molecule has 190 valence electrons. The second-order valence-corrected chi connectivity index (χ2v) is 12.1. The Labute approximate surface area is 222 Å². The Morgan fingerprint density at radius 1 is 1.08 bits per heavy atom. The number of hydrogen-bond acceptors (Lipinski definition) is 4. The highest BCUT2D eigenvalue weighted by Gasteiger charge is 2.34. The van der Waals surface area contributed by atoms with Crippen molar-refractivity contribution in [2.75, 3.05) is 17.2 Å². The highest BCUT2D eigenvalue weighted by molar-refractivity contribution is 7.17. The zero-order valence-corrected chi connectivity index (χ0v) is 23.0. The summed E-state index contributed by atoms with van der Waals surface area (Å²) in [7, 11) is 0. The van der Waals surface area contributed by atoms with Gasteiger partial charge in [0.15, 0.2) is 6.61 Å². The lowest BCUT2D eigenvalue weighted by atomic mass is 9.72. The molecule has 0 saturated heterocycles. The number of carbonyl (C=O) groups is 2. The van der Waals surface area contributed by atoms with E-state index in [1.54, 1.807) is 12.1 Å². The van der Waals surface area contributed by atoms with Gasteiger partial charge in [0.25, 0.3) is 11.8 Å². The van der Waals surface area contributed by atoms with Crippen LogP contribution in [0.5, 0.6) is 5.75 Å². The Hall–Kier alpha value is -2.83. The molecular formula is C29H33ClN2O3S. The number of carbonyl (C=O) groups excluding carboxylic acids is 2. The molecule has 1 aliphatic rings. The minimum absolute atomic E-state index is 0.177. The minimum Gasteiger partial charge on any atom is -0.482 e. The number of halogens is 1. The van der Waals surface area contributed by atoms with Crippen molar-refractivity contribution in [3.05, 3.63) is 74.6 Å². The molecule has 1 aromatic heterocycles. The fourth-order valence-electron chi connectivity index (χ4n) is 4.60. The van der Waals surface area contributed by atoms with Crippen molar-refractivity contribution in [3.8, 4) is 5.75 Å². The molecule has 0 aliphatic heterocycles. The van der Waals surface area contributed by atoms with Gasteiger partial charge in [-0.25, -0.2) is 0 Å². The molecule has 0 saturated carbocycles. The highest BCUT2D eigenvalue weighted by Crippen LogP contribution is 2.44. The van der Waals surface area contributed by atoms with Crippen LogP contribution in [-0.2, 0) is 17.6 Å². The maximum Gasteiger partial charge on any atom is 0.262 e. The molecule has 1 atom stereocenters. The lowest BCUT2D eigenvalue weighted by Crippen LogP contribution is -2.27. The van der Waals surface area contributed by atoms with Crippen molar-refractivity contribution in [2.24, 2.45) is 11.3 Å². The van der Waals surface area contributed by atoms with Crippen LogP contribution in [0.3, 0.4) is 0 Å². The van der Waals surface area contributed by atoms with Crippen molar-refractivity contribution in [1.29, 1.82) is 0 Å². The Kier molecular flexibility index (Phi) is 7.76. The second-order valence-electron chi connectivity index (χ2n) is 10.6. The Bertz CT molecular complexity index is 1290. The predicted molar refractivity (Wildman–Crippen MR) is 149 cm³/mol. The van der Waals surface area contributed by atoms with Crippen LogP contribution in [0, 0.1) is 25.2 Å². The molecule has 0 radical (unpaired) electrons. The van der Waals surface area contributed by atoms with E-state index in [2.05, 4.69) is 31.4 Å². The molecule has 2 amide bonds. The van der Waals surface area contributed by atoms with Gasteiger partial charge in [0.1, 0.15) is 10.8 Å². The van der Waals surface area contributed by atoms with Crippen molar-refractivity contribution in [2.45, 2.75) is 53.9 Å². The summed E-state index contributed by atoms with van der Waals surface area (Å²) in [5.74, 6) is 0.447. The average Bonchev–Trinajstić information content (AvgIpc) is 3.16. The SMILES string of the molecule is Cc1cccc(NC(=O)c2c(NC(=O)COc3cc(C)ccc3Cl)sc3c2CC[C@H](C(C)(C)C)C3)c1. The average molecular weight is 525 g/mol. The van der Waals surface area contributed by atoms with Gasteiger partial charge in [-0.15, -0.1) is 11.3 Å². The number of anilines is 2. The van der Waals surface area contributed by atoms with E-state index >= 15 is 0 Å². The lowest BCUT2D eigenvalue weighted by Gasteiger charge is -2.33. The Morgan fingerprint density at radius 2 is 1.83 bits per heavy atom. The first-order chi connectivity index (χ1) is 17.0. The number of benzene rings is 2. The molecule has 4 rings (SSSR count). The van der Waals surface area contributed by atoms with Crippen LogP contribution in [-0.4, -0.2) is 18.4 Å². The first kappa shape index (κ1) is 26.2. The second kappa shape index (κ2) is 10.7. The summed E-state index contributed by atoms with van der Waals surface area (Å²) in [5, 5.41) is 7.01. The first-order valence-corrected chi connectivity index (χ1v) is 13.4. The van der Waals surface area contributed by atoms with Gasteiger partial charge in [0, 0.05) is 10.6 Å². The number of amides is 2. The number of thiophene rings is 1. The van der Waals surface area contributed by atoms with Gasteiger partial charge < -0.3 is 15.4 Å². The molecule has 0 spiro atoms. The van der Waals surface area contributed by atoms with Crippen LogP contribution in [0.2, 0.25) is 5.02 Å². The van der Waals surface area contributed by atoms with Crippen molar-refractivity contribution >= 4 is 45.4 Å². The fourth-order valence-corrected chi connectivity index (χ4v) is 6.11. The number of aryl methyl sites for hydroxylation is 2. The molecule has 5 nitrogen and oxygen atoms in total. The number of fused-ring (bicyclic) bond motifs is 1. The molecule has 0 unspecified atom stereocenters. The van der Waals surface area contributed by atoms with Gasteiger partial charge in [-0.05, 0) is 85.4 Å². The zero-order chi connectivity index (χ0) is 26.0. The molecule has 0 fully saturated rings. The monoisotopic (exact) mass is 524 g/mol. The van der Waals surface area contributed by atoms with Crippen molar-refractivity contribution in [3.63, 3.8) is 0 Å². The van der Waals surface area contributed by atoms with E-state index < -0.39 is 0 Å². The molecule has 7 heteroatoms. The normalized spacial score (nSPS) is 15.2. The van der Waals surface area contributed by atoms with Crippen LogP contribution in [0.4, 0.5) is 10.7 Å². The molecular weight excluding hydrogens is 492 g/mol. The molecule has 2 aromatic carbocycles. The third kappa shape index (κ3) is 6.11. The molecule has 1 heterocycles. The van der Waals surface area contributed by atoms with E-state index in [-0.39, 0.29) is 23.8 Å². The van der Waals surface area contributed by atoms with Crippen LogP contribution in [0.1, 0.15) is 59.1 Å². The third-order valence-electron chi connectivity index (χ3n) is 6.69. The summed E-state index contributed by atoms with van der Waals surface area (Å²) in [4.78, 5) is 27.6. The molecule has 1 aliphatic carbocycles. The lowest BCUT2D eigenvalue weighted by molar-refractivity contribution is -0.118. The summed E-state index contributed by atoms with van der Waals surface area (Å²) < 4.78 is 5.68. The zero-order valence-electron chi connectivity index (χ0n) is 21.5. The van der Waals surface area contributed by atoms with E-state index in [9.17, 15) is 9.59 Å². The van der Waals surface area contributed by atoms with E-state index in [4.69, 9.17) is 16.3 Å². The van der Waals surface area contributed by atoms with Crippen molar-refractivity contribution in [1.82, 2.24) is 0 Å². The van der Waals surface area contributed by atoms with Crippen LogP contribution < -0.4 is 15.4 Å². The number of nitrogens with one attached hydrogen (secondary N) is 2.